The number of hydrogen-bond donors (Lipinski definition) is 1. The molecule has 0 aliphatic carbocycles. The Labute approximate surface area is 122 Å². The number of esters is 1. The van der Waals surface area contributed by atoms with E-state index in [0.717, 1.165) is 16.8 Å². The molecule has 4 nitrogen and oxygen atoms in total. The molecule has 0 atom stereocenters. The van der Waals surface area contributed by atoms with Crippen molar-refractivity contribution in [2.75, 3.05) is 5.32 Å². The number of rotatable bonds is 3. The van der Waals surface area contributed by atoms with Gasteiger partial charge in [0, 0.05) is 12.1 Å². The van der Waals surface area contributed by atoms with Crippen molar-refractivity contribution in [3.8, 4) is 5.75 Å². The molecule has 1 N–H and O–H groups in total. The van der Waals surface area contributed by atoms with Gasteiger partial charge in [0.15, 0.2) is 0 Å². The Balaban J connectivity index is 1.68. The third-order valence-corrected chi connectivity index (χ3v) is 3.40. The second-order valence-electron chi connectivity index (χ2n) is 5.00. The lowest BCUT2D eigenvalue weighted by Crippen LogP contribution is -2.19. The normalized spacial score (nSPS) is 13.2. The summed E-state index contributed by atoms with van der Waals surface area (Å²) in [5.41, 5.74) is 2.72. The fourth-order valence-electron chi connectivity index (χ4n) is 2.35. The van der Waals surface area contributed by atoms with Gasteiger partial charge in [-0.15, -0.1) is 0 Å². The summed E-state index contributed by atoms with van der Waals surface area (Å²) in [5, 5.41) is 2.80. The number of anilines is 1. The fourth-order valence-corrected chi connectivity index (χ4v) is 2.35. The number of hydrogen-bond acceptors (Lipinski definition) is 3. The number of nitrogens with one attached hydrogen (secondary N) is 1. The smallest absolute Gasteiger partial charge is 0.315 e. The van der Waals surface area contributed by atoms with Gasteiger partial charge in [-0.1, -0.05) is 30.3 Å². The van der Waals surface area contributed by atoms with E-state index in [0.29, 0.717) is 18.6 Å². The number of aryl methyl sites for hydroxylation is 1. The molecule has 0 spiro atoms. The Morgan fingerprint density at radius 2 is 1.90 bits per heavy atom. The van der Waals surface area contributed by atoms with Gasteiger partial charge in [-0.25, -0.2) is 0 Å². The van der Waals surface area contributed by atoms with Gasteiger partial charge in [0.1, 0.15) is 5.75 Å². The van der Waals surface area contributed by atoms with Gasteiger partial charge in [-0.2, -0.15) is 0 Å². The Morgan fingerprint density at radius 1 is 1.10 bits per heavy atom. The zero-order valence-electron chi connectivity index (χ0n) is 11.5. The Hall–Kier alpha value is -2.62. The maximum absolute atomic E-state index is 11.9. The summed E-state index contributed by atoms with van der Waals surface area (Å²) < 4.78 is 5.36. The molecule has 106 valence electrons. The van der Waals surface area contributed by atoms with Crippen LogP contribution in [0.5, 0.6) is 5.75 Å². The molecule has 1 heterocycles. The lowest BCUT2D eigenvalue weighted by molar-refractivity contribution is -0.133. The molecule has 0 radical (unpaired) electrons. The van der Waals surface area contributed by atoms with Gasteiger partial charge in [-0.3, -0.25) is 9.59 Å². The lowest BCUT2D eigenvalue weighted by Gasteiger charge is -2.17. The number of ether oxygens (including phenoxy) is 1. The number of carbonyl (C=O) groups excluding carboxylic acids is 2. The summed E-state index contributed by atoms with van der Waals surface area (Å²) in [5.74, 6) is 0.253. The molecule has 3 rings (SSSR count). The van der Waals surface area contributed by atoms with E-state index >= 15 is 0 Å². The van der Waals surface area contributed by atoms with Crippen molar-refractivity contribution >= 4 is 17.6 Å². The van der Waals surface area contributed by atoms with Gasteiger partial charge < -0.3 is 10.1 Å². The van der Waals surface area contributed by atoms with Crippen molar-refractivity contribution in [1.29, 1.82) is 0 Å². The minimum atomic E-state index is -0.291. The SMILES string of the molecule is O=C1CCc2cc(OC(=O)Cc3ccccc3)ccc2N1. The Morgan fingerprint density at radius 3 is 2.71 bits per heavy atom. The van der Waals surface area contributed by atoms with E-state index in [1.165, 1.54) is 0 Å². The van der Waals surface area contributed by atoms with Crippen LogP contribution in [-0.4, -0.2) is 11.9 Å². The minimum Gasteiger partial charge on any atom is -0.426 e. The van der Waals surface area contributed by atoms with Gasteiger partial charge >= 0.3 is 5.97 Å². The maximum atomic E-state index is 11.9. The summed E-state index contributed by atoms with van der Waals surface area (Å²) in [7, 11) is 0. The van der Waals surface area contributed by atoms with Crippen LogP contribution in [0.3, 0.4) is 0 Å². The van der Waals surface area contributed by atoms with Crippen molar-refractivity contribution in [1.82, 2.24) is 0 Å². The molecule has 0 fully saturated rings. The second kappa shape index (κ2) is 5.79. The van der Waals surface area contributed by atoms with Crippen LogP contribution in [0.1, 0.15) is 17.5 Å². The van der Waals surface area contributed by atoms with Crippen molar-refractivity contribution < 1.29 is 14.3 Å². The summed E-state index contributed by atoms with van der Waals surface area (Å²) in [4.78, 5) is 23.2. The zero-order chi connectivity index (χ0) is 14.7. The molecule has 1 amide bonds. The van der Waals surface area contributed by atoms with Crippen molar-refractivity contribution in [2.24, 2.45) is 0 Å². The predicted molar refractivity (Wildman–Crippen MR) is 79.2 cm³/mol. The molecule has 1 aliphatic heterocycles. The molecule has 2 aromatic rings. The monoisotopic (exact) mass is 281 g/mol. The van der Waals surface area contributed by atoms with Crippen molar-refractivity contribution in [3.05, 3.63) is 59.7 Å². The quantitative estimate of drug-likeness (QED) is 0.695. The first kappa shape index (κ1) is 13.4. The van der Waals surface area contributed by atoms with Crippen LogP contribution in [0.15, 0.2) is 48.5 Å². The summed E-state index contributed by atoms with van der Waals surface area (Å²) in [6, 6.07) is 14.8. The standard InChI is InChI=1S/C17H15NO3/c19-16-9-6-13-11-14(7-8-15(13)18-16)21-17(20)10-12-4-2-1-3-5-12/h1-5,7-8,11H,6,9-10H2,(H,18,19). The molecule has 0 aromatic heterocycles. The van der Waals surface area contributed by atoms with E-state index in [1.807, 2.05) is 36.4 Å². The van der Waals surface area contributed by atoms with E-state index in [1.54, 1.807) is 12.1 Å². The van der Waals surface area contributed by atoms with Crippen LogP contribution in [0.25, 0.3) is 0 Å². The van der Waals surface area contributed by atoms with Crippen LogP contribution in [0.2, 0.25) is 0 Å². The van der Waals surface area contributed by atoms with Crippen molar-refractivity contribution in [2.45, 2.75) is 19.3 Å². The molecule has 0 saturated heterocycles. The van der Waals surface area contributed by atoms with Crippen LogP contribution < -0.4 is 10.1 Å². The largest absolute Gasteiger partial charge is 0.426 e. The highest BCUT2D eigenvalue weighted by atomic mass is 16.5. The number of carbonyl (C=O) groups is 2. The molecule has 2 aromatic carbocycles. The summed E-state index contributed by atoms with van der Waals surface area (Å²) in [6.07, 6.45) is 1.38. The number of benzene rings is 2. The molecular formula is C17H15NO3. The Bertz CT molecular complexity index is 680. The highest BCUT2D eigenvalue weighted by Crippen LogP contribution is 2.26. The molecule has 0 bridgehead atoms. The summed E-state index contributed by atoms with van der Waals surface area (Å²) >= 11 is 0. The van der Waals surface area contributed by atoms with Gasteiger partial charge in [0.05, 0.1) is 6.42 Å². The van der Waals surface area contributed by atoms with E-state index in [9.17, 15) is 9.59 Å². The van der Waals surface area contributed by atoms with E-state index < -0.39 is 0 Å². The van der Waals surface area contributed by atoms with Gasteiger partial charge in [0.2, 0.25) is 5.91 Å². The zero-order valence-corrected chi connectivity index (χ0v) is 11.5. The average Bonchev–Trinajstić information content (AvgIpc) is 2.48. The third-order valence-electron chi connectivity index (χ3n) is 3.40. The first-order chi connectivity index (χ1) is 10.2. The predicted octanol–water partition coefficient (Wildman–Crippen LogP) is 2.72. The first-order valence-corrected chi connectivity index (χ1v) is 6.88. The second-order valence-corrected chi connectivity index (χ2v) is 5.00. The van der Waals surface area contributed by atoms with E-state index in [4.69, 9.17) is 4.74 Å². The molecular weight excluding hydrogens is 266 g/mol. The first-order valence-electron chi connectivity index (χ1n) is 6.88. The van der Waals surface area contributed by atoms with Gasteiger partial charge in [0.25, 0.3) is 0 Å². The molecule has 0 saturated carbocycles. The Kier molecular flexibility index (Phi) is 3.69. The van der Waals surface area contributed by atoms with Gasteiger partial charge in [-0.05, 0) is 35.7 Å². The molecule has 21 heavy (non-hydrogen) atoms. The van der Waals surface area contributed by atoms with E-state index in [-0.39, 0.29) is 18.3 Å². The number of amides is 1. The topological polar surface area (TPSA) is 55.4 Å². The van der Waals surface area contributed by atoms with Crippen LogP contribution in [0, 0.1) is 0 Å². The molecule has 1 aliphatic rings. The number of fused-ring (bicyclic) bond motifs is 1. The van der Waals surface area contributed by atoms with Crippen LogP contribution >= 0.6 is 0 Å². The fraction of sp³-hybridized carbons (Fsp3) is 0.176. The highest BCUT2D eigenvalue weighted by Gasteiger charge is 2.16. The van der Waals surface area contributed by atoms with Crippen LogP contribution in [-0.2, 0) is 22.4 Å². The molecule has 4 heteroatoms. The van der Waals surface area contributed by atoms with Crippen molar-refractivity contribution in [3.63, 3.8) is 0 Å². The van der Waals surface area contributed by atoms with Crippen LogP contribution in [0.4, 0.5) is 5.69 Å². The third kappa shape index (κ3) is 3.28. The highest BCUT2D eigenvalue weighted by molar-refractivity contribution is 5.94. The maximum Gasteiger partial charge on any atom is 0.315 e. The molecule has 0 unspecified atom stereocenters. The lowest BCUT2D eigenvalue weighted by atomic mass is 10.0. The average molecular weight is 281 g/mol. The van der Waals surface area contributed by atoms with E-state index in [2.05, 4.69) is 5.32 Å². The minimum absolute atomic E-state index is 0.0244. The summed E-state index contributed by atoms with van der Waals surface area (Å²) in [6.45, 7) is 0.